The van der Waals surface area contributed by atoms with Crippen molar-refractivity contribution >= 4 is 23.8 Å². The molecule has 0 saturated carbocycles. The van der Waals surface area contributed by atoms with Gasteiger partial charge >= 0.3 is 12.0 Å². The summed E-state index contributed by atoms with van der Waals surface area (Å²) in [5, 5.41) is 11.6. The first kappa shape index (κ1) is 16.8. The number of carbonyl (C=O) groups excluding carboxylic acids is 1. The lowest BCUT2D eigenvalue weighted by atomic mass is 10.2. The van der Waals surface area contributed by atoms with Crippen molar-refractivity contribution in [3.8, 4) is 0 Å². The number of carboxylic acid groups (broad SMARTS) is 1. The molecule has 0 rings (SSSR count). The normalized spacial score (nSPS) is 11.7. The summed E-state index contributed by atoms with van der Waals surface area (Å²) in [5.41, 5.74) is 0.864. The fourth-order valence-corrected chi connectivity index (χ4v) is 1.86. The van der Waals surface area contributed by atoms with Gasteiger partial charge in [0, 0.05) is 13.1 Å². The molecule has 0 unspecified atom stereocenters. The second-order valence-corrected chi connectivity index (χ2v) is 5.08. The van der Waals surface area contributed by atoms with Crippen LogP contribution >= 0.6 is 11.8 Å². The first-order valence-corrected chi connectivity index (χ1v) is 7.23. The molecule has 0 aromatic carbocycles. The molecular formula is C12H22N2O3S. The van der Waals surface area contributed by atoms with Gasteiger partial charge in [-0.25, -0.2) is 9.59 Å². The van der Waals surface area contributed by atoms with Crippen molar-refractivity contribution < 1.29 is 14.7 Å². The molecule has 1 atom stereocenters. The smallest absolute Gasteiger partial charge is 0.326 e. The van der Waals surface area contributed by atoms with Gasteiger partial charge in [0.1, 0.15) is 6.04 Å². The topological polar surface area (TPSA) is 69.6 Å². The van der Waals surface area contributed by atoms with Gasteiger partial charge in [0.2, 0.25) is 0 Å². The minimum absolute atomic E-state index is 0.353. The van der Waals surface area contributed by atoms with Gasteiger partial charge in [-0.05, 0) is 32.3 Å². The number of nitrogens with zero attached hydrogens (tertiary/aromatic N) is 1. The lowest BCUT2D eigenvalue weighted by Crippen LogP contribution is -2.48. The maximum atomic E-state index is 11.9. The van der Waals surface area contributed by atoms with E-state index in [0.717, 1.165) is 5.57 Å². The molecule has 0 spiro atoms. The summed E-state index contributed by atoms with van der Waals surface area (Å²) in [4.78, 5) is 24.4. The molecule has 0 aliphatic rings. The van der Waals surface area contributed by atoms with Crippen LogP contribution < -0.4 is 5.32 Å². The molecule has 5 nitrogen and oxygen atoms in total. The molecule has 0 heterocycles. The van der Waals surface area contributed by atoms with Gasteiger partial charge in [0.15, 0.2) is 0 Å². The molecule has 18 heavy (non-hydrogen) atoms. The van der Waals surface area contributed by atoms with Crippen LogP contribution in [0.25, 0.3) is 0 Å². The van der Waals surface area contributed by atoms with Crippen LogP contribution in [0.3, 0.4) is 0 Å². The summed E-state index contributed by atoms with van der Waals surface area (Å²) in [7, 11) is 0. The molecule has 0 radical (unpaired) electrons. The Labute approximate surface area is 113 Å². The van der Waals surface area contributed by atoms with Crippen LogP contribution in [-0.4, -0.2) is 53.1 Å². The van der Waals surface area contributed by atoms with E-state index in [4.69, 9.17) is 5.11 Å². The Morgan fingerprint density at radius 3 is 2.50 bits per heavy atom. The zero-order valence-electron chi connectivity index (χ0n) is 11.2. The molecule has 0 aromatic rings. The van der Waals surface area contributed by atoms with Gasteiger partial charge in [0.05, 0.1) is 0 Å². The summed E-state index contributed by atoms with van der Waals surface area (Å²) in [6, 6.07) is -1.18. The fraction of sp³-hybridized carbons (Fsp3) is 0.667. The number of likely N-dealkylation sites (N-methyl/N-ethyl adjacent to an activating group) is 1. The molecule has 0 aliphatic heterocycles. The number of aliphatic carboxylic acids is 1. The highest BCUT2D eigenvalue weighted by molar-refractivity contribution is 7.98. The Bertz CT molecular complexity index is 308. The standard InChI is InChI=1S/C12H22N2O3S/c1-5-14(8-9(2)3)12(17)13-10(11(15)16)6-7-18-4/h10H,2,5-8H2,1,3-4H3,(H,13,17)(H,15,16)/t10-/m0/s1. The van der Waals surface area contributed by atoms with Crippen LogP contribution in [0, 0.1) is 0 Å². The average molecular weight is 274 g/mol. The predicted molar refractivity (Wildman–Crippen MR) is 75.0 cm³/mol. The quantitative estimate of drug-likeness (QED) is 0.662. The van der Waals surface area contributed by atoms with Crippen molar-refractivity contribution in [2.24, 2.45) is 0 Å². The van der Waals surface area contributed by atoms with Crippen LogP contribution in [0.5, 0.6) is 0 Å². The van der Waals surface area contributed by atoms with Gasteiger partial charge in [0.25, 0.3) is 0 Å². The second-order valence-electron chi connectivity index (χ2n) is 4.09. The lowest BCUT2D eigenvalue weighted by molar-refractivity contribution is -0.139. The Balaban J connectivity index is 4.46. The van der Waals surface area contributed by atoms with E-state index in [-0.39, 0.29) is 6.03 Å². The summed E-state index contributed by atoms with van der Waals surface area (Å²) in [5.74, 6) is -0.298. The largest absolute Gasteiger partial charge is 0.480 e. The van der Waals surface area contributed by atoms with Gasteiger partial charge in [-0.3, -0.25) is 0 Å². The van der Waals surface area contributed by atoms with Crippen LogP contribution in [0.4, 0.5) is 4.79 Å². The van der Waals surface area contributed by atoms with Crippen LogP contribution in [-0.2, 0) is 4.79 Å². The van der Waals surface area contributed by atoms with Crippen molar-refractivity contribution in [3.05, 3.63) is 12.2 Å². The monoisotopic (exact) mass is 274 g/mol. The van der Waals surface area contributed by atoms with E-state index in [0.29, 0.717) is 25.3 Å². The first-order valence-electron chi connectivity index (χ1n) is 5.83. The maximum absolute atomic E-state index is 11.9. The van der Waals surface area contributed by atoms with Crippen LogP contribution in [0.15, 0.2) is 12.2 Å². The first-order chi connectivity index (χ1) is 8.42. The highest BCUT2D eigenvalue weighted by Crippen LogP contribution is 2.03. The van der Waals surface area contributed by atoms with Crippen LogP contribution in [0.2, 0.25) is 0 Å². The Kier molecular flexibility index (Phi) is 8.28. The minimum atomic E-state index is -0.997. The van der Waals surface area contributed by atoms with Crippen molar-refractivity contribution in [2.45, 2.75) is 26.3 Å². The Hall–Kier alpha value is -1.17. The SMILES string of the molecule is C=C(C)CN(CC)C(=O)N[C@@H](CCSC)C(=O)O. The van der Waals surface area contributed by atoms with Crippen molar-refractivity contribution in [1.29, 1.82) is 0 Å². The Morgan fingerprint density at radius 2 is 2.11 bits per heavy atom. The number of thioether (sulfide) groups is 1. The lowest BCUT2D eigenvalue weighted by Gasteiger charge is -2.24. The van der Waals surface area contributed by atoms with Gasteiger partial charge < -0.3 is 15.3 Å². The number of amides is 2. The molecule has 0 fully saturated rings. The van der Waals surface area contributed by atoms with Crippen molar-refractivity contribution in [1.82, 2.24) is 10.2 Å². The van der Waals surface area contributed by atoms with E-state index < -0.39 is 12.0 Å². The number of urea groups is 1. The Morgan fingerprint density at radius 1 is 1.50 bits per heavy atom. The molecule has 2 N–H and O–H groups in total. The van der Waals surface area contributed by atoms with Crippen molar-refractivity contribution in [3.63, 3.8) is 0 Å². The number of carbonyl (C=O) groups is 2. The molecule has 0 aliphatic carbocycles. The van der Waals surface area contributed by atoms with E-state index >= 15 is 0 Å². The zero-order valence-corrected chi connectivity index (χ0v) is 12.0. The third kappa shape index (κ3) is 6.54. The molecule has 104 valence electrons. The summed E-state index contributed by atoms with van der Waals surface area (Å²) >= 11 is 1.56. The molecule has 6 heteroatoms. The number of rotatable bonds is 8. The van der Waals surface area contributed by atoms with E-state index in [1.807, 2.05) is 20.1 Å². The third-order valence-corrected chi connectivity index (χ3v) is 2.98. The maximum Gasteiger partial charge on any atom is 0.326 e. The number of carboxylic acids is 1. The second kappa shape index (κ2) is 8.85. The number of nitrogens with one attached hydrogen (secondary N) is 1. The average Bonchev–Trinajstić information content (AvgIpc) is 2.30. The highest BCUT2D eigenvalue weighted by atomic mass is 32.2. The molecule has 2 amide bonds. The van der Waals surface area contributed by atoms with Crippen molar-refractivity contribution in [2.75, 3.05) is 25.1 Å². The van der Waals surface area contributed by atoms with Crippen LogP contribution in [0.1, 0.15) is 20.3 Å². The predicted octanol–water partition coefficient (Wildman–Crippen LogP) is 1.80. The third-order valence-electron chi connectivity index (χ3n) is 2.34. The summed E-state index contributed by atoms with van der Waals surface area (Å²) in [6.45, 7) is 8.39. The molecule has 0 bridgehead atoms. The highest BCUT2D eigenvalue weighted by Gasteiger charge is 2.21. The molecular weight excluding hydrogens is 252 g/mol. The van der Waals surface area contributed by atoms with E-state index in [2.05, 4.69) is 11.9 Å². The number of hydrogen-bond donors (Lipinski definition) is 2. The summed E-state index contributed by atoms with van der Waals surface area (Å²) < 4.78 is 0. The van der Waals surface area contributed by atoms with Gasteiger partial charge in [-0.15, -0.1) is 0 Å². The molecule has 0 saturated heterocycles. The van der Waals surface area contributed by atoms with E-state index in [9.17, 15) is 9.59 Å². The zero-order chi connectivity index (χ0) is 14.1. The van der Waals surface area contributed by atoms with Gasteiger partial charge in [-0.2, -0.15) is 11.8 Å². The fourth-order valence-electron chi connectivity index (χ4n) is 1.39. The van der Waals surface area contributed by atoms with Gasteiger partial charge in [-0.1, -0.05) is 12.2 Å². The minimum Gasteiger partial charge on any atom is -0.480 e. The van der Waals surface area contributed by atoms with E-state index in [1.165, 1.54) is 4.90 Å². The summed E-state index contributed by atoms with van der Waals surface area (Å²) in [6.07, 6.45) is 2.33. The van der Waals surface area contributed by atoms with E-state index in [1.54, 1.807) is 11.8 Å². The molecule has 0 aromatic heterocycles. The number of hydrogen-bond acceptors (Lipinski definition) is 3.